The van der Waals surface area contributed by atoms with Crippen LogP contribution in [0.4, 0.5) is 0 Å². The monoisotopic (exact) mass is 182 g/mol. The number of aromatic nitrogens is 2. The molecule has 0 spiro atoms. The Morgan fingerprint density at radius 1 is 1.58 bits per heavy atom. The molecule has 12 heavy (non-hydrogen) atoms. The lowest BCUT2D eigenvalue weighted by Gasteiger charge is -2.05. The summed E-state index contributed by atoms with van der Waals surface area (Å²) in [7, 11) is 0. The molecule has 0 radical (unpaired) electrons. The van der Waals surface area contributed by atoms with Gasteiger partial charge in [0.05, 0.1) is 0 Å². The molecule has 1 heterocycles. The Bertz CT molecular complexity index is 331. The first kappa shape index (κ1) is 8.05. The predicted molar refractivity (Wildman–Crippen MR) is 52.0 cm³/mol. The van der Waals surface area contributed by atoms with Crippen molar-refractivity contribution in [2.45, 2.75) is 38.6 Å². The van der Waals surface area contributed by atoms with Gasteiger partial charge in [0.15, 0.2) is 0 Å². The van der Waals surface area contributed by atoms with Crippen LogP contribution >= 0.6 is 12.2 Å². The highest BCUT2D eigenvalue weighted by Crippen LogP contribution is 2.39. The average Bonchev–Trinajstić information content (AvgIpc) is 2.75. The van der Waals surface area contributed by atoms with E-state index in [0.717, 1.165) is 10.6 Å². The highest BCUT2D eigenvalue weighted by Gasteiger charge is 2.25. The summed E-state index contributed by atoms with van der Waals surface area (Å²) in [5.74, 6) is 0.770. The lowest BCUT2D eigenvalue weighted by atomic mass is 10.3. The van der Waals surface area contributed by atoms with Crippen LogP contribution in [0.1, 0.15) is 44.3 Å². The van der Waals surface area contributed by atoms with Crippen LogP contribution in [-0.4, -0.2) is 9.78 Å². The maximum atomic E-state index is 5.23. The molecule has 0 amide bonds. The fraction of sp³-hybridized carbons (Fsp3) is 0.667. The highest BCUT2D eigenvalue weighted by molar-refractivity contribution is 7.71. The summed E-state index contributed by atoms with van der Waals surface area (Å²) in [6.07, 6.45) is 2.65. The van der Waals surface area contributed by atoms with Gasteiger partial charge in [-0.25, -0.2) is 0 Å². The van der Waals surface area contributed by atoms with E-state index in [1.165, 1.54) is 18.5 Å². The fourth-order valence-corrected chi connectivity index (χ4v) is 1.80. The van der Waals surface area contributed by atoms with E-state index in [1.54, 1.807) is 0 Å². The van der Waals surface area contributed by atoms with Crippen molar-refractivity contribution in [3.05, 3.63) is 16.4 Å². The van der Waals surface area contributed by atoms with E-state index in [4.69, 9.17) is 12.2 Å². The Morgan fingerprint density at radius 2 is 2.25 bits per heavy atom. The van der Waals surface area contributed by atoms with Gasteiger partial charge >= 0.3 is 0 Å². The van der Waals surface area contributed by atoms with E-state index in [9.17, 15) is 0 Å². The smallest absolute Gasteiger partial charge is 0.122 e. The van der Waals surface area contributed by atoms with Crippen LogP contribution in [0.25, 0.3) is 0 Å². The largest absolute Gasteiger partial charge is 0.301 e. The molecule has 1 aromatic rings. The van der Waals surface area contributed by atoms with E-state index >= 15 is 0 Å². The Labute approximate surface area is 77.6 Å². The van der Waals surface area contributed by atoms with Crippen molar-refractivity contribution < 1.29 is 0 Å². The molecule has 1 fully saturated rings. The van der Waals surface area contributed by atoms with Crippen LogP contribution in [0.2, 0.25) is 0 Å². The fourth-order valence-electron chi connectivity index (χ4n) is 1.42. The Morgan fingerprint density at radius 3 is 2.67 bits per heavy atom. The number of rotatable bonds is 2. The lowest BCUT2D eigenvalue weighted by Crippen LogP contribution is -2.02. The van der Waals surface area contributed by atoms with Crippen LogP contribution in [0, 0.1) is 4.64 Å². The van der Waals surface area contributed by atoms with Crippen LogP contribution in [0.3, 0.4) is 0 Å². The molecule has 1 aliphatic rings. The van der Waals surface area contributed by atoms with Crippen LogP contribution in [0.5, 0.6) is 0 Å². The molecule has 1 saturated carbocycles. The first-order valence-corrected chi connectivity index (χ1v) is 4.91. The number of hydrogen-bond donors (Lipinski definition) is 1. The van der Waals surface area contributed by atoms with E-state index in [1.807, 2.05) is 0 Å². The number of hydrogen-bond acceptors (Lipinski definition) is 1. The topological polar surface area (TPSA) is 20.7 Å². The van der Waals surface area contributed by atoms with Gasteiger partial charge in [0.1, 0.15) is 4.64 Å². The van der Waals surface area contributed by atoms with E-state index in [0.29, 0.717) is 6.04 Å². The van der Waals surface area contributed by atoms with Gasteiger partial charge in [-0.2, -0.15) is 0 Å². The second-order valence-corrected chi connectivity index (χ2v) is 4.21. The minimum absolute atomic E-state index is 0.449. The van der Waals surface area contributed by atoms with Crippen LogP contribution < -0.4 is 0 Å². The second-order valence-electron chi connectivity index (χ2n) is 3.79. The molecule has 0 atom stereocenters. The summed E-state index contributed by atoms with van der Waals surface area (Å²) in [5, 5.41) is 3.36. The Hall–Kier alpha value is -0.570. The molecule has 0 unspecified atom stereocenters. The third-order valence-corrected chi connectivity index (χ3v) is 2.61. The van der Waals surface area contributed by atoms with Gasteiger partial charge in [0.2, 0.25) is 0 Å². The molecule has 66 valence electrons. The van der Waals surface area contributed by atoms with Gasteiger partial charge in [0.25, 0.3) is 0 Å². The van der Waals surface area contributed by atoms with Crippen LogP contribution in [-0.2, 0) is 0 Å². The molecule has 0 aromatic carbocycles. The molecule has 1 aliphatic carbocycles. The van der Waals surface area contributed by atoms with E-state index in [2.05, 4.69) is 29.7 Å². The molecule has 1 N–H and O–H groups in total. The molecule has 2 rings (SSSR count). The minimum Gasteiger partial charge on any atom is -0.301 e. The second kappa shape index (κ2) is 2.73. The first-order chi connectivity index (χ1) is 5.68. The summed E-state index contributed by atoms with van der Waals surface area (Å²) in [4.78, 5) is 0. The van der Waals surface area contributed by atoms with Gasteiger partial charge in [0, 0.05) is 17.7 Å². The highest BCUT2D eigenvalue weighted by atomic mass is 32.1. The van der Waals surface area contributed by atoms with Gasteiger partial charge in [-0.1, -0.05) is 12.2 Å². The van der Waals surface area contributed by atoms with Crippen molar-refractivity contribution in [3.8, 4) is 0 Å². The zero-order valence-electron chi connectivity index (χ0n) is 7.50. The number of aromatic amines is 1. The molecular formula is C9H14N2S. The maximum Gasteiger partial charge on any atom is 0.122 e. The minimum atomic E-state index is 0.449. The molecule has 0 bridgehead atoms. The number of H-pyrrole nitrogens is 1. The zero-order chi connectivity index (χ0) is 8.72. The molecule has 2 nitrogen and oxygen atoms in total. The van der Waals surface area contributed by atoms with Crippen LogP contribution in [0.15, 0.2) is 6.07 Å². The number of nitrogens with one attached hydrogen (secondary N) is 1. The molecular weight excluding hydrogens is 168 g/mol. The van der Waals surface area contributed by atoms with Crippen molar-refractivity contribution in [2.75, 3.05) is 0 Å². The zero-order valence-corrected chi connectivity index (χ0v) is 8.32. The quantitative estimate of drug-likeness (QED) is 0.697. The van der Waals surface area contributed by atoms with Gasteiger partial charge in [-0.05, 0) is 32.8 Å². The van der Waals surface area contributed by atoms with E-state index < -0.39 is 0 Å². The van der Waals surface area contributed by atoms with Crippen molar-refractivity contribution in [1.29, 1.82) is 0 Å². The van der Waals surface area contributed by atoms with Gasteiger partial charge in [-0.3, -0.25) is 4.68 Å². The SMILES string of the molecule is CC(C)n1[nH]c(C2CC2)cc1=S. The maximum absolute atomic E-state index is 5.23. The molecule has 0 saturated heterocycles. The lowest BCUT2D eigenvalue weighted by molar-refractivity contribution is 0.521. The third kappa shape index (κ3) is 1.33. The third-order valence-electron chi connectivity index (χ3n) is 2.30. The Balaban J connectivity index is 2.36. The standard InChI is InChI=1S/C9H14N2S/c1-6(2)11-9(12)5-8(10-11)7-3-4-7/h5-7,10H,3-4H2,1-2H3. The van der Waals surface area contributed by atoms with Gasteiger partial charge in [-0.15, -0.1) is 0 Å². The molecule has 1 aromatic heterocycles. The molecule has 0 aliphatic heterocycles. The van der Waals surface area contributed by atoms with Crippen molar-refractivity contribution >= 4 is 12.2 Å². The van der Waals surface area contributed by atoms with Crippen molar-refractivity contribution in [2.24, 2.45) is 0 Å². The number of nitrogens with zero attached hydrogens (tertiary/aromatic N) is 1. The summed E-state index contributed by atoms with van der Waals surface area (Å²) >= 11 is 5.23. The summed E-state index contributed by atoms with van der Waals surface area (Å²) in [6.45, 7) is 4.28. The van der Waals surface area contributed by atoms with Crippen molar-refractivity contribution in [1.82, 2.24) is 9.78 Å². The summed E-state index contributed by atoms with van der Waals surface area (Å²) in [6, 6.07) is 2.55. The van der Waals surface area contributed by atoms with Crippen molar-refractivity contribution in [3.63, 3.8) is 0 Å². The summed E-state index contributed by atoms with van der Waals surface area (Å²) < 4.78 is 3.00. The predicted octanol–water partition coefficient (Wildman–Crippen LogP) is 3.00. The Kier molecular flexibility index (Phi) is 1.83. The summed E-state index contributed by atoms with van der Waals surface area (Å²) in [5.41, 5.74) is 1.33. The first-order valence-electron chi connectivity index (χ1n) is 4.50. The average molecular weight is 182 g/mol. The normalized spacial score (nSPS) is 17.2. The van der Waals surface area contributed by atoms with Gasteiger partial charge < -0.3 is 5.10 Å². The van der Waals surface area contributed by atoms with E-state index in [-0.39, 0.29) is 0 Å². The molecule has 3 heteroatoms.